The van der Waals surface area contributed by atoms with E-state index in [9.17, 15) is 0 Å². The second kappa shape index (κ2) is 6.14. The summed E-state index contributed by atoms with van der Waals surface area (Å²) in [5.74, 6) is 0.526. The molecule has 2 saturated heterocycles. The number of halogens is 1. The molecule has 1 aromatic rings. The van der Waals surface area contributed by atoms with E-state index in [-0.39, 0.29) is 11.6 Å². The summed E-state index contributed by atoms with van der Waals surface area (Å²) in [6.45, 7) is 2.38. The van der Waals surface area contributed by atoms with Gasteiger partial charge in [-0.1, -0.05) is 34.1 Å². The van der Waals surface area contributed by atoms with Crippen molar-refractivity contribution in [2.45, 2.75) is 37.3 Å². The van der Waals surface area contributed by atoms with Crippen molar-refractivity contribution in [2.75, 3.05) is 19.8 Å². The molecule has 3 unspecified atom stereocenters. The van der Waals surface area contributed by atoms with Crippen LogP contribution in [0.5, 0.6) is 0 Å². The molecule has 3 nitrogen and oxygen atoms in total. The minimum atomic E-state index is -0.0472. The second-order valence-electron chi connectivity index (χ2n) is 6.05. The fraction of sp³-hybridized carbons (Fsp3) is 0.625. The van der Waals surface area contributed by atoms with Crippen LogP contribution in [0.4, 0.5) is 0 Å². The molecule has 1 aromatic carbocycles. The third-order valence-electron chi connectivity index (χ3n) is 4.62. The Morgan fingerprint density at radius 1 is 1.35 bits per heavy atom. The van der Waals surface area contributed by atoms with Gasteiger partial charge in [-0.05, 0) is 36.8 Å². The number of benzene rings is 1. The van der Waals surface area contributed by atoms with Crippen LogP contribution in [-0.2, 0) is 15.9 Å². The Morgan fingerprint density at radius 3 is 2.95 bits per heavy atom. The molecular weight excluding hydrogens is 318 g/mol. The molecule has 3 atom stereocenters. The van der Waals surface area contributed by atoms with E-state index in [2.05, 4.69) is 34.1 Å². The van der Waals surface area contributed by atoms with Gasteiger partial charge in [0.05, 0.1) is 12.2 Å². The Hall–Kier alpha value is -0.420. The Balaban J connectivity index is 1.65. The lowest BCUT2D eigenvalue weighted by Gasteiger charge is -2.39. The lowest BCUT2D eigenvalue weighted by atomic mass is 9.80. The van der Waals surface area contributed by atoms with E-state index in [1.165, 1.54) is 5.56 Å². The van der Waals surface area contributed by atoms with Crippen LogP contribution in [0.25, 0.3) is 0 Å². The maximum absolute atomic E-state index is 6.48. The molecular formula is C16H22BrNO2. The number of hydrogen-bond acceptors (Lipinski definition) is 3. The highest BCUT2D eigenvalue weighted by molar-refractivity contribution is 9.10. The van der Waals surface area contributed by atoms with E-state index in [0.717, 1.165) is 50.0 Å². The quantitative estimate of drug-likeness (QED) is 0.920. The van der Waals surface area contributed by atoms with E-state index in [0.29, 0.717) is 5.92 Å². The van der Waals surface area contributed by atoms with Crippen molar-refractivity contribution < 1.29 is 9.47 Å². The first kappa shape index (κ1) is 14.5. The number of ether oxygens (including phenoxy) is 2. The lowest BCUT2D eigenvalue weighted by molar-refractivity contribution is -0.101. The number of nitrogens with two attached hydrogens (primary N) is 1. The summed E-state index contributed by atoms with van der Waals surface area (Å²) in [7, 11) is 0. The van der Waals surface area contributed by atoms with Crippen LogP contribution in [0, 0.1) is 5.92 Å². The number of rotatable bonds is 3. The van der Waals surface area contributed by atoms with Gasteiger partial charge in [-0.3, -0.25) is 0 Å². The first-order valence-corrected chi connectivity index (χ1v) is 8.19. The van der Waals surface area contributed by atoms with E-state index in [1.54, 1.807) is 0 Å². The largest absolute Gasteiger partial charge is 0.378 e. The van der Waals surface area contributed by atoms with E-state index in [1.807, 2.05) is 6.07 Å². The zero-order chi connectivity index (χ0) is 14.0. The van der Waals surface area contributed by atoms with Crippen LogP contribution in [0.2, 0.25) is 0 Å². The minimum Gasteiger partial charge on any atom is -0.378 e. The van der Waals surface area contributed by atoms with Gasteiger partial charge in [0.1, 0.15) is 0 Å². The van der Waals surface area contributed by atoms with E-state index in [4.69, 9.17) is 15.2 Å². The molecule has 0 aliphatic carbocycles. The van der Waals surface area contributed by atoms with Crippen molar-refractivity contribution in [3.63, 3.8) is 0 Å². The fourth-order valence-corrected chi connectivity index (χ4v) is 3.83. The Morgan fingerprint density at radius 2 is 2.20 bits per heavy atom. The maximum Gasteiger partial charge on any atom is 0.0939 e. The summed E-state index contributed by atoms with van der Waals surface area (Å²) in [5.41, 5.74) is 7.73. The van der Waals surface area contributed by atoms with Crippen LogP contribution >= 0.6 is 15.9 Å². The van der Waals surface area contributed by atoms with Crippen molar-refractivity contribution in [3.05, 3.63) is 34.3 Å². The third kappa shape index (κ3) is 3.08. The molecule has 20 heavy (non-hydrogen) atoms. The molecule has 0 radical (unpaired) electrons. The molecule has 2 aliphatic rings. The fourth-order valence-electron chi connectivity index (χ4n) is 3.38. The molecule has 2 heterocycles. The van der Waals surface area contributed by atoms with Crippen LogP contribution in [0.15, 0.2) is 28.7 Å². The lowest BCUT2D eigenvalue weighted by Crippen LogP contribution is -2.46. The zero-order valence-electron chi connectivity index (χ0n) is 11.7. The van der Waals surface area contributed by atoms with Crippen LogP contribution in [0.1, 0.15) is 24.8 Å². The average Bonchev–Trinajstić information content (AvgIpc) is 2.89. The molecule has 0 amide bonds. The highest BCUT2D eigenvalue weighted by atomic mass is 79.9. The SMILES string of the molecule is NC(Cc1ccccc1Br)C1CCOC2(CCOC2)C1. The first-order valence-electron chi connectivity index (χ1n) is 7.39. The molecule has 3 rings (SSSR count). The molecule has 2 N–H and O–H groups in total. The van der Waals surface area contributed by atoms with Gasteiger partial charge >= 0.3 is 0 Å². The minimum absolute atomic E-state index is 0.0472. The van der Waals surface area contributed by atoms with Crippen molar-refractivity contribution >= 4 is 15.9 Å². The van der Waals surface area contributed by atoms with Gasteiger partial charge in [0, 0.05) is 30.1 Å². The second-order valence-corrected chi connectivity index (χ2v) is 6.90. The monoisotopic (exact) mass is 339 g/mol. The number of hydrogen-bond donors (Lipinski definition) is 1. The highest BCUT2D eigenvalue weighted by Gasteiger charge is 2.42. The van der Waals surface area contributed by atoms with Crippen LogP contribution in [0.3, 0.4) is 0 Å². The van der Waals surface area contributed by atoms with Crippen LogP contribution < -0.4 is 5.73 Å². The van der Waals surface area contributed by atoms with Crippen LogP contribution in [-0.4, -0.2) is 31.5 Å². The van der Waals surface area contributed by atoms with Gasteiger partial charge < -0.3 is 15.2 Å². The van der Waals surface area contributed by atoms with Gasteiger partial charge in [-0.2, -0.15) is 0 Å². The Labute approximate surface area is 129 Å². The summed E-state index contributed by atoms with van der Waals surface area (Å²) < 4.78 is 12.7. The van der Waals surface area contributed by atoms with Gasteiger partial charge in [0.25, 0.3) is 0 Å². The molecule has 1 spiro atoms. The average molecular weight is 340 g/mol. The normalized spacial score (nSPS) is 31.6. The van der Waals surface area contributed by atoms with E-state index < -0.39 is 0 Å². The summed E-state index contributed by atoms with van der Waals surface area (Å²) in [4.78, 5) is 0. The molecule has 110 valence electrons. The molecule has 2 fully saturated rings. The summed E-state index contributed by atoms with van der Waals surface area (Å²) in [5, 5.41) is 0. The third-order valence-corrected chi connectivity index (χ3v) is 5.39. The standard InChI is InChI=1S/C16H22BrNO2/c17-14-4-2-1-3-12(14)9-15(18)13-5-7-20-16(10-13)6-8-19-11-16/h1-4,13,15H,5-11,18H2. The topological polar surface area (TPSA) is 44.5 Å². The smallest absolute Gasteiger partial charge is 0.0939 e. The van der Waals surface area contributed by atoms with Gasteiger partial charge in [-0.15, -0.1) is 0 Å². The first-order chi connectivity index (χ1) is 9.69. The van der Waals surface area contributed by atoms with Crippen molar-refractivity contribution in [3.8, 4) is 0 Å². The summed E-state index contributed by atoms with van der Waals surface area (Å²) >= 11 is 3.61. The summed E-state index contributed by atoms with van der Waals surface area (Å²) in [6, 6.07) is 8.53. The predicted molar refractivity (Wildman–Crippen MR) is 82.7 cm³/mol. The summed E-state index contributed by atoms with van der Waals surface area (Å²) in [6.07, 6.45) is 4.04. The van der Waals surface area contributed by atoms with Gasteiger partial charge in [0.15, 0.2) is 0 Å². The van der Waals surface area contributed by atoms with Gasteiger partial charge in [0.2, 0.25) is 0 Å². The Kier molecular flexibility index (Phi) is 4.46. The van der Waals surface area contributed by atoms with Gasteiger partial charge in [-0.25, -0.2) is 0 Å². The maximum atomic E-state index is 6.48. The molecule has 0 saturated carbocycles. The van der Waals surface area contributed by atoms with Crippen molar-refractivity contribution in [1.29, 1.82) is 0 Å². The Bertz CT molecular complexity index is 460. The zero-order valence-corrected chi connectivity index (χ0v) is 13.3. The molecule has 0 bridgehead atoms. The highest BCUT2D eigenvalue weighted by Crippen LogP contribution is 2.37. The predicted octanol–water partition coefficient (Wildman–Crippen LogP) is 2.90. The molecule has 4 heteroatoms. The molecule has 0 aromatic heterocycles. The van der Waals surface area contributed by atoms with E-state index >= 15 is 0 Å². The van der Waals surface area contributed by atoms with Crippen molar-refractivity contribution in [2.24, 2.45) is 11.7 Å². The van der Waals surface area contributed by atoms with Crippen molar-refractivity contribution in [1.82, 2.24) is 0 Å². The molecule has 2 aliphatic heterocycles.